The van der Waals surface area contributed by atoms with Crippen LogP contribution in [0.2, 0.25) is 0 Å². The van der Waals surface area contributed by atoms with Gasteiger partial charge in [0.1, 0.15) is 24.5 Å². The number of nitrogens with zero attached hydrogens (tertiary/aromatic N) is 3. The van der Waals surface area contributed by atoms with Crippen LogP contribution in [-0.4, -0.2) is 80.3 Å². The van der Waals surface area contributed by atoms with E-state index in [0.29, 0.717) is 24.3 Å². The summed E-state index contributed by atoms with van der Waals surface area (Å²) in [5.74, 6) is -0.167. The molecule has 1 aromatic rings. The van der Waals surface area contributed by atoms with Gasteiger partial charge in [0, 0.05) is 27.7 Å². The van der Waals surface area contributed by atoms with E-state index in [0.717, 1.165) is 12.8 Å². The topological polar surface area (TPSA) is 92.1 Å². The lowest BCUT2D eigenvalue weighted by atomic mass is 9.99. The number of benzene rings is 1. The van der Waals surface area contributed by atoms with E-state index in [-0.39, 0.29) is 42.3 Å². The van der Waals surface area contributed by atoms with Gasteiger partial charge in [-0.05, 0) is 44.4 Å². The van der Waals surface area contributed by atoms with Crippen molar-refractivity contribution in [1.82, 2.24) is 9.80 Å². The molecule has 8 heteroatoms. The van der Waals surface area contributed by atoms with Crippen LogP contribution in [0.4, 0.5) is 0 Å². The molecule has 30 heavy (non-hydrogen) atoms. The molecule has 162 valence electrons. The number of fused-ring (bicyclic) bond motifs is 3. The van der Waals surface area contributed by atoms with Gasteiger partial charge in [0.15, 0.2) is 0 Å². The molecule has 2 bridgehead atoms. The van der Waals surface area contributed by atoms with Gasteiger partial charge in [-0.25, -0.2) is 0 Å². The quantitative estimate of drug-likeness (QED) is 0.695. The fourth-order valence-electron chi connectivity index (χ4n) is 3.93. The molecule has 1 fully saturated rings. The van der Waals surface area contributed by atoms with Gasteiger partial charge in [-0.15, -0.1) is 0 Å². The van der Waals surface area contributed by atoms with Gasteiger partial charge < -0.3 is 24.0 Å². The Kier molecular flexibility index (Phi) is 6.95. The SMILES string of the molecule is CO[C@@H]1CC[C@@H]2CCN(C)C(=O)[C@H](C)N(C)C(=O)c3cc(C#N)ccc3OC[C@@H]1O2. The standard InChI is InChI=1S/C22H29N3O5/c1-14-21(26)24(2)10-9-16-6-8-19(28-4)20(30-16)13-29-18-7-5-15(12-23)11-17(18)22(27)25(14)3/h5,7,11,14,16,19-20H,6,8-10,13H2,1-4H3/t14-,16+,19+,20-/m0/s1. The number of carbonyl (C=O) groups excluding carboxylic acids is 2. The van der Waals surface area contributed by atoms with Crippen LogP contribution in [0.25, 0.3) is 0 Å². The van der Waals surface area contributed by atoms with Crippen molar-refractivity contribution in [2.45, 2.75) is 50.5 Å². The summed E-state index contributed by atoms with van der Waals surface area (Å²) in [6, 6.07) is 6.12. The van der Waals surface area contributed by atoms with Gasteiger partial charge >= 0.3 is 0 Å². The van der Waals surface area contributed by atoms with Crippen LogP contribution in [0.5, 0.6) is 5.75 Å². The Hall–Kier alpha value is -2.63. The minimum Gasteiger partial charge on any atom is -0.490 e. The lowest BCUT2D eigenvalue weighted by molar-refractivity contribution is -0.146. The molecule has 2 amide bonds. The zero-order chi connectivity index (χ0) is 21.8. The van der Waals surface area contributed by atoms with Crippen LogP contribution in [0, 0.1) is 11.3 Å². The summed E-state index contributed by atoms with van der Waals surface area (Å²) in [4.78, 5) is 29.1. The molecule has 0 saturated carbocycles. The van der Waals surface area contributed by atoms with E-state index < -0.39 is 6.04 Å². The average Bonchev–Trinajstić information content (AvgIpc) is 2.78. The molecule has 2 aliphatic rings. The van der Waals surface area contributed by atoms with Crippen LogP contribution in [0.1, 0.15) is 42.1 Å². The zero-order valence-electron chi connectivity index (χ0n) is 18.0. The highest BCUT2D eigenvalue weighted by molar-refractivity contribution is 5.99. The fraction of sp³-hybridized carbons (Fsp3) is 0.591. The average molecular weight is 415 g/mol. The Morgan fingerprint density at radius 2 is 1.97 bits per heavy atom. The highest BCUT2D eigenvalue weighted by Gasteiger charge is 2.34. The Morgan fingerprint density at radius 1 is 1.20 bits per heavy atom. The van der Waals surface area contributed by atoms with E-state index in [2.05, 4.69) is 0 Å². The molecular weight excluding hydrogens is 386 g/mol. The first-order chi connectivity index (χ1) is 14.3. The molecule has 2 heterocycles. The molecule has 1 aromatic carbocycles. The van der Waals surface area contributed by atoms with Crippen molar-refractivity contribution in [3.05, 3.63) is 29.3 Å². The molecule has 2 aliphatic heterocycles. The predicted octanol–water partition coefficient (Wildman–Crippen LogP) is 1.82. The lowest BCUT2D eigenvalue weighted by Crippen LogP contribution is -2.48. The minimum atomic E-state index is -0.651. The maximum absolute atomic E-state index is 13.2. The van der Waals surface area contributed by atoms with Crippen LogP contribution < -0.4 is 4.74 Å². The Morgan fingerprint density at radius 3 is 2.67 bits per heavy atom. The van der Waals surface area contributed by atoms with Crippen molar-refractivity contribution in [3.8, 4) is 11.8 Å². The Labute approximate surface area is 177 Å². The highest BCUT2D eigenvalue weighted by Crippen LogP contribution is 2.28. The van der Waals surface area contributed by atoms with E-state index in [4.69, 9.17) is 14.2 Å². The molecule has 4 atom stereocenters. The number of likely N-dealkylation sites (N-methyl/N-ethyl adjacent to an activating group) is 2. The Balaban J connectivity index is 1.98. The maximum Gasteiger partial charge on any atom is 0.258 e. The maximum atomic E-state index is 13.2. The fourth-order valence-corrected chi connectivity index (χ4v) is 3.93. The summed E-state index contributed by atoms with van der Waals surface area (Å²) >= 11 is 0. The van der Waals surface area contributed by atoms with Crippen molar-refractivity contribution in [1.29, 1.82) is 5.26 Å². The second-order valence-corrected chi connectivity index (χ2v) is 7.92. The monoisotopic (exact) mass is 415 g/mol. The second-order valence-electron chi connectivity index (χ2n) is 7.92. The van der Waals surface area contributed by atoms with Crippen LogP contribution >= 0.6 is 0 Å². The summed E-state index contributed by atoms with van der Waals surface area (Å²) in [5.41, 5.74) is 0.595. The van der Waals surface area contributed by atoms with Gasteiger partial charge in [0.25, 0.3) is 5.91 Å². The number of amides is 2. The van der Waals surface area contributed by atoms with Crippen LogP contribution in [0.15, 0.2) is 18.2 Å². The minimum absolute atomic E-state index is 0.0123. The first-order valence-corrected chi connectivity index (χ1v) is 10.2. The zero-order valence-corrected chi connectivity index (χ0v) is 18.0. The van der Waals surface area contributed by atoms with Gasteiger partial charge in [-0.2, -0.15) is 5.26 Å². The predicted molar refractivity (Wildman–Crippen MR) is 109 cm³/mol. The molecule has 0 aliphatic carbocycles. The molecule has 0 N–H and O–H groups in total. The number of nitriles is 1. The molecular formula is C22H29N3O5. The van der Waals surface area contributed by atoms with E-state index in [9.17, 15) is 14.9 Å². The second kappa shape index (κ2) is 9.45. The third kappa shape index (κ3) is 4.58. The van der Waals surface area contributed by atoms with E-state index in [1.807, 2.05) is 6.07 Å². The number of methoxy groups -OCH3 is 1. The number of hydrogen-bond acceptors (Lipinski definition) is 6. The number of ether oxygens (including phenoxy) is 3. The van der Waals surface area contributed by atoms with Gasteiger partial charge in [0.2, 0.25) is 5.91 Å². The number of hydrogen-bond donors (Lipinski definition) is 0. The van der Waals surface area contributed by atoms with Crippen LogP contribution in [-0.2, 0) is 14.3 Å². The van der Waals surface area contributed by atoms with Crippen molar-refractivity contribution < 1.29 is 23.8 Å². The molecule has 0 unspecified atom stereocenters. The van der Waals surface area contributed by atoms with Crippen molar-refractivity contribution in [3.63, 3.8) is 0 Å². The summed E-state index contributed by atoms with van der Waals surface area (Å²) in [5, 5.41) is 9.27. The molecule has 0 radical (unpaired) electrons. The third-order valence-corrected chi connectivity index (χ3v) is 6.02. The molecule has 0 spiro atoms. The van der Waals surface area contributed by atoms with Crippen molar-refractivity contribution in [2.24, 2.45) is 0 Å². The molecule has 1 saturated heterocycles. The van der Waals surface area contributed by atoms with E-state index in [1.165, 1.54) is 11.0 Å². The van der Waals surface area contributed by atoms with Crippen molar-refractivity contribution in [2.75, 3.05) is 34.4 Å². The molecule has 3 rings (SSSR count). The molecule has 8 nitrogen and oxygen atoms in total. The summed E-state index contributed by atoms with van der Waals surface area (Å²) in [6.45, 7) is 2.47. The first-order valence-electron chi connectivity index (χ1n) is 10.2. The van der Waals surface area contributed by atoms with Gasteiger partial charge in [-0.3, -0.25) is 9.59 Å². The lowest BCUT2D eigenvalue weighted by Gasteiger charge is -2.37. The third-order valence-electron chi connectivity index (χ3n) is 6.02. The van der Waals surface area contributed by atoms with E-state index in [1.54, 1.807) is 45.2 Å². The van der Waals surface area contributed by atoms with Gasteiger partial charge in [0.05, 0.1) is 29.4 Å². The first kappa shape index (κ1) is 22.1. The number of carbonyl (C=O) groups is 2. The normalized spacial score (nSPS) is 28.2. The Bertz CT molecular complexity index is 837. The summed E-state index contributed by atoms with van der Waals surface area (Å²) in [6.07, 6.45) is 2.03. The number of rotatable bonds is 1. The molecule has 0 aromatic heterocycles. The summed E-state index contributed by atoms with van der Waals surface area (Å²) in [7, 11) is 4.98. The van der Waals surface area contributed by atoms with E-state index >= 15 is 0 Å². The van der Waals surface area contributed by atoms with Crippen LogP contribution in [0.3, 0.4) is 0 Å². The largest absolute Gasteiger partial charge is 0.490 e. The smallest absolute Gasteiger partial charge is 0.258 e. The van der Waals surface area contributed by atoms with Gasteiger partial charge in [-0.1, -0.05) is 0 Å². The summed E-state index contributed by atoms with van der Waals surface area (Å²) < 4.78 is 17.8. The highest BCUT2D eigenvalue weighted by atomic mass is 16.6. The van der Waals surface area contributed by atoms with Crippen molar-refractivity contribution >= 4 is 11.8 Å².